The molecule has 1 atom stereocenters. The highest BCUT2D eigenvalue weighted by molar-refractivity contribution is 4.70. The maximum absolute atomic E-state index is 12.4. The Kier molecular flexibility index (Phi) is 7.60. The van der Waals surface area contributed by atoms with Gasteiger partial charge in [0.2, 0.25) is 0 Å². The molecule has 0 aromatic heterocycles. The Labute approximate surface area is 105 Å². The van der Waals surface area contributed by atoms with Crippen molar-refractivity contribution in [3.63, 3.8) is 0 Å². The maximum atomic E-state index is 12.4. The van der Waals surface area contributed by atoms with Gasteiger partial charge in [-0.3, -0.25) is 11.3 Å². The lowest BCUT2D eigenvalue weighted by Crippen LogP contribution is -2.41. The van der Waals surface area contributed by atoms with Crippen LogP contribution in [0.2, 0.25) is 0 Å². The van der Waals surface area contributed by atoms with E-state index in [0.29, 0.717) is 0 Å². The summed E-state index contributed by atoms with van der Waals surface area (Å²) in [5, 5.41) is 0. The van der Waals surface area contributed by atoms with E-state index in [0.717, 1.165) is 0 Å². The normalized spacial score (nSPS) is 15.0. The molecular formula is C9H15F7N2O. The third-order valence-electron chi connectivity index (χ3n) is 2.18. The molecule has 0 rings (SSSR count). The minimum absolute atomic E-state index is 0.0732. The molecule has 0 bridgehead atoms. The first-order valence-electron chi connectivity index (χ1n) is 5.35. The van der Waals surface area contributed by atoms with Crippen LogP contribution < -0.4 is 11.3 Å². The molecule has 0 radical (unpaired) electrons. The zero-order valence-electron chi connectivity index (χ0n) is 9.82. The zero-order chi connectivity index (χ0) is 15.1. The van der Waals surface area contributed by atoms with Crippen molar-refractivity contribution in [2.24, 2.45) is 5.84 Å². The summed E-state index contributed by atoms with van der Waals surface area (Å²) in [6.07, 6.45) is -9.56. The van der Waals surface area contributed by atoms with Crippen LogP contribution in [-0.4, -0.2) is 37.8 Å². The summed E-state index contributed by atoms with van der Waals surface area (Å²) in [5.74, 6) is 0.699. The van der Waals surface area contributed by atoms with Gasteiger partial charge in [-0.05, 0) is 12.8 Å². The number of hydrogen-bond donors (Lipinski definition) is 2. The zero-order valence-corrected chi connectivity index (χ0v) is 9.82. The number of hydrazine groups is 1. The average molecular weight is 300 g/mol. The van der Waals surface area contributed by atoms with Crippen molar-refractivity contribution in [2.45, 2.75) is 43.8 Å². The fourth-order valence-corrected chi connectivity index (χ4v) is 1.16. The van der Waals surface area contributed by atoms with Crippen molar-refractivity contribution < 1.29 is 35.5 Å². The second-order valence-electron chi connectivity index (χ2n) is 3.95. The SMILES string of the molecule is NNC(CCCC(F)(F)F)COCC(F)(F)C(F)F. The molecule has 3 nitrogen and oxygen atoms in total. The lowest BCUT2D eigenvalue weighted by Gasteiger charge is -2.19. The van der Waals surface area contributed by atoms with Gasteiger partial charge < -0.3 is 4.74 Å². The highest BCUT2D eigenvalue weighted by atomic mass is 19.4. The van der Waals surface area contributed by atoms with E-state index in [1.165, 1.54) is 0 Å². The molecule has 0 heterocycles. The minimum Gasteiger partial charge on any atom is -0.373 e. The number of alkyl halides is 7. The van der Waals surface area contributed by atoms with E-state index in [-0.39, 0.29) is 12.8 Å². The second-order valence-corrected chi connectivity index (χ2v) is 3.95. The Morgan fingerprint density at radius 1 is 1.11 bits per heavy atom. The van der Waals surface area contributed by atoms with Gasteiger partial charge in [0.15, 0.2) is 0 Å². The highest BCUT2D eigenvalue weighted by Gasteiger charge is 2.41. The summed E-state index contributed by atoms with van der Waals surface area (Å²) >= 11 is 0. The van der Waals surface area contributed by atoms with Crippen molar-refractivity contribution in [3.8, 4) is 0 Å². The van der Waals surface area contributed by atoms with Crippen molar-refractivity contribution in [2.75, 3.05) is 13.2 Å². The van der Waals surface area contributed by atoms with Gasteiger partial charge in [0.1, 0.15) is 6.61 Å². The number of nitrogens with two attached hydrogens (primary N) is 1. The van der Waals surface area contributed by atoms with E-state index < -0.39 is 44.2 Å². The molecule has 19 heavy (non-hydrogen) atoms. The van der Waals surface area contributed by atoms with Crippen molar-refractivity contribution in [1.82, 2.24) is 5.43 Å². The summed E-state index contributed by atoms with van der Waals surface area (Å²) in [6.45, 7) is -1.99. The average Bonchev–Trinajstić information content (AvgIpc) is 2.25. The maximum Gasteiger partial charge on any atom is 0.389 e. The quantitative estimate of drug-likeness (QED) is 0.391. The molecule has 0 aliphatic rings. The summed E-state index contributed by atoms with van der Waals surface area (Å²) in [4.78, 5) is 0. The standard InChI is InChI=1S/C9H15F7N2O/c10-7(11)8(12,13)5-19-4-6(18-17)2-1-3-9(14,15)16/h6-7,18H,1-5,17H2. The lowest BCUT2D eigenvalue weighted by atomic mass is 10.1. The van der Waals surface area contributed by atoms with Crippen molar-refractivity contribution in [3.05, 3.63) is 0 Å². The summed E-state index contributed by atoms with van der Waals surface area (Å²) < 4.78 is 88.2. The Morgan fingerprint density at radius 3 is 2.11 bits per heavy atom. The first-order valence-corrected chi connectivity index (χ1v) is 5.35. The molecule has 3 N–H and O–H groups in total. The number of ether oxygens (including phenoxy) is 1. The van der Waals surface area contributed by atoms with Crippen LogP contribution in [0.5, 0.6) is 0 Å². The lowest BCUT2D eigenvalue weighted by molar-refractivity contribution is -0.167. The van der Waals surface area contributed by atoms with Gasteiger partial charge in [0.25, 0.3) is 0 Å². The molecule has 0 aromatic carbocycles. The van der Waals surface area contributed by atoms with Crippen LogP contribution in [-0.2, 0) is 4.74 Å². The molecule has 1 unspecified atom stereocenters. The molecule has 0 amide bonds. The molecular weight excluding hydrogens is 285 g/mol. The van der Waals surface area contributed by atoms with Crippen molar-refractivity contribution >= 4 is 0 Å². The third-order valence-corrected chi connectivity index (χ3v) is 2.18. The molecule has 10 heteroatoms. The van der Waals surface area contributed by atoms with Gasteiger partial charge >= 0.3 is 18.5 Å². The smallest absolute Gasteiger partial charge is 0.373 e. The van der Waals surface area contributed by atoms with Crippen LogP contribution >= 0.6 is 0 Å². The van der Waals surface area contributed by atoms with Crippen molar-refractivity contribution in [1.29, 1.82) is 0 Å². The van der Waals surface area contributed by atoms with Crippen LogP contribution in [0, 0.1) is 0 Å². The van der Waals surface area contributed by atoms with Gasteiger partial charge in [0, 0.05) is 12.5 Å². The molecule has 0 saturated carbocycles. The van der Waals surface area contributed by atoms with E-state index >= 15 is 0 Å². The summed E-state index contributed by atoms with van der Waals surface area (Å²) in [5.41, 5.74) is 2.08. The molecule has 0 fully saturated rings. The highest BCUT2D eigenvalue weighted by Crippen LogP contribution is 2.24. The largest absolute Gasteiger partial charge is 0.389 e. The van der Waals surface area contributed by atoms with Crippen LogP contribution in [0.4, 0.5) is 30.7 Å². The number of hydrogen-bond acceptors (Lipinski definition) is 3. The van der Waals surface area contributed by atoms with Gasteiger partial charge in [-0.25, -0.2) is 8.78 Å². The van der Waals surface area contributed by atoms with E-state index in [9.17, 15) is 30.7 Å². The Balaban J connectivity index is 3.89. The Bertz CT molecular complexity index is 247. The molecule has 0 aliphatic carbocycles. The number of rotatable bonds is 9. The molecule has 0 aromatic rings. The fourth-order valence-electron chi connectivity index (χ4n) is 1.16. The molecule has 0 spiro atoms. The first kappa shape index (κ1) is 18.4. The Hall–Kier alpha value is -0.610. The van der Waals surface area contributed by atoms with Gasteiger partial charge in [0.05, 0.1) is 6.61 Å². The van der Waals surface area contributed by atoms with E-state index in [4.69, 9.17) is 5.84 Å². The first-order chi connectivity index (χ1) is 8.58. The van der Waals surface area contributed by atoms with Crippen LogP contribution in [0.1, 0.15) is 19.3 Å². The summed E-state index contributed by atoms with van der Waals surface area (Å²) in [7, 11) is 0. The monoisotopic (exact) mass is 300 g/mol. The van der Waals surface area contributed by atoms with Crippen LogP contribution in [0.3, 0.4) is 0 Å². The molecule has 116 valence electrons. The predicted molar refractivity (Wildman–Crippen MR) is 52.8 cm³/mol. The summed E-state index contributed by atoms with van der Waals surface area (Å²) in [6, 6.07) is -0.809. The third kappa shape index (κ3) is 9.00. The predicted octanol–water partition coefficient (Wildman–Crippen LogP) is 2.47. The second kappa shape index (κ2) is 7.85. The van der Waals surface area contributed by atoms with Crippen LogP contribution in [0.25, 0.3) is 0 Å². The van der Waals surface area contributed by atoms with E-state index in [2.05, 4.69) is 10.2 Å². The Morgan fingerprint density at radius 2 is 1.68 bits per heavy atom. The van der Waals surface area contributed by atoms with E-state index in [1.54, 1.807) is 0 Å². The molecule has 0 saturated heterocycles. The number of nitrogens with one attached hydrogen (secondary N) is 1. The minimum atomic E-state index is -4.32. The van der Waals surface area contributed by atoms with Gasteiger partial charge in [-0.1, -0.05) is 0 Å². The number of halogens is 7. The topological polar surface area (TPSA) is 47.3 Å². The molecule has 0 aliphatic heterocycles. The van der Waals surface area contributed by atoms with Crippen LogP contribution in [0.15, 0.2) is 0 Å². The van der Waals surface area contributed by atoms with Gasteiger partial charge in [-0.15, -0.1) is 0 Å². The van der Waals surface area contributed by atoms with Gasteiger partial charge in [-0.2, -0.15) is 22.0 Å². The van der Waals surface area contributed by atoms with E-state index in [1.807, 2.05) is 0 Å². The fraction of sp³-hybridized carbons (Fsp3) is 1.00.